The molecule has 4 heteroatoms. The lowest BCUT2D eigenvalue weighted by molar-refractivity contribution is -0.119. The van der Waals surface area contributed by atoms with Crippen LogP contribution >= 0.6 is 11.8 Å². The van der Waals surface area contributed by atoms with Crippen LogP contribution in [0.25, 0.3) is 0 Å². The number of aryl methyl sites for hydroxylation is 2. The average molecular weight is 300 g/mol. The predicted molar refractivity (Wildman–Crippen MR) is 87.4 cm³/mol. The second-order valence-corrected chi connectivity index (χ2v) is 6.14. The number of hydrogen-bond acceptors (Lipinski definition) is 3. The summed E-state index contributed by atoms with van der Waals surface area (Å²) < 4.78 is 0. The second-order valence-electron chi connectivity index (χ2n) is 5.13. The molecular formula is C17H20N2OS. The Morgan fingerprint density at radius 2 is 1.95 bits per heavy atom. The second kappa shape index (κ2) is 7.27. The minimum absolute atomic E-state index is 0.000272. The zero-order chi connectivity index (χ0) is 15.2. The quantitative estimate of drug-likeness (QED) is 0.857. The fraction of sp³-hybridized carbons (Fsp3) is 0.294. The number of carbonyl (C=O) groups is 1. The van der Waals surface area contributed by atoms with E-state index in [1.54, 1.807) is 24.2 Å². The van der Waals surface area contributed by atoms with E-state index in [1.807, 2.05) is 19.1 Å². The highest BCUT2D eigenvalue weighted by molar-refractivity contribution is 8.00. The van der Waals surface area contributed by atoms with Gasteiger partial charge in [0.1, 0.15) is 0 Å². The lowest BCUT2D eigenvalue weighted by atomic mass is 10.1. The first kappa shape index (κ1) is 15.6. The number of aromatic nitrogens is 1. The van der Waals surface area contributed by atoms with E-state index in [0.29, 0.717) is 5.75 Å². The molecular weight excluding hydrogens is 280 g/mol. The number of nitrogens with one attached hydrogen (secondary N) is 1. The third-order valence-corrected chi connectivity index (χ3v) is 4.44. The molecule has 0 spiro atoms. The molecule has 1 N–H and O–H groups in total. The molecule has 1 unspecified atom stereocenters. The Labute approximate surface area is 130 Å². The van der Waals surface area contributed by atoms with Crippen molar-refractivity contribution in [2.75, 3.05) is 5.75 Å². The molecule has 2 rings (SSSR count). The summed E-state index contributed by atoms with van der Waals surface area (Å²) in [6.45, 7) is 6.12. The maximum atomic E-state index is 12.0. The summed E-state index contributed by atoms with van der Waals surface area (Å²) in [7, 11) is 0. The molecule has 3 nitrogen and oxygen atoms in total. The summed E-state index contributed by atoms with van der Waals surface area (Å²) in [6, 6.07) is 10.1. The van der Waals surface area contributed by atoms with Gasteiger partial charge in [0.2, 0.25) is 5.91 Å². The van der Waals surface area contributed by atoms with E-state index in [9.17, 15) is 4.79 Å². The van der Waals surface area contributed by atoms with Gasteiger partial charge < -0.3 is 5.32 Å². The SMILES string of the molecule is Cc1ccc(C)c(SCC(=O)NC(C)c2ccncc2)c1. The van der Waals surface area contributed by atoms with Gasteiger partial charge in [-0.05, 0) is 50.1 Å². The number of pyridine rings is 1. The maximum absolute atomic E-state index is 12.0. The van der Waals surface area contributed by atoms with Gasteiger partial charge in [0.05, 0.1) is 11.8 Å². The third-order valence-electron chi connectivity index (χ3n) is 3.29. The van der Waals surface area contributed by atoms with Gasteiger partial charge in [-0.2, -0.15) is 0 Å². The average Bonchev–Trinajstić information content (AvgIpc) is 2.49. The van der Waals surface area contributed by atoms with Gasteiger partial charge in [0, 0.05) is 17.3 Å². The van der Waals surface area contributed by atoms with Crippen LogP contribution in [0.2, 0.25) is 0 Å². The zero-order valence-corrected chi connectivity index (χ0v) is 13.4. The van der Waals surface area contributed by atoms with Crippen molar-refractivity contribution >= 4 is 17.7 Å². The Morgan fingerprint density at radius 1 is 1.24 bits per heavy atom. The normalized spacial score (nSPS) is 12.0. The van der Waals surface area contributed by atoms with E-state index in [1.165, 1.54) is 16.0 Å². The molecule has 1 atom stereocenters. The van der Waals surface area contributed by atoms with Crippen molar-refractivity contribution in [1.29, 1.82) is 0 Å². The van der Waals surface area contributed by atoms with E-state index in [4.69, 9.17) is 0 Å². The van der Waals surface area contributed by atoms with Crippen LogP contribution in [0.1, 0.15) is 29.7 Å². The lowest BCUT2D eigenvalue weighted by Crippen LogP contribution is -2.28. The molecule has 0 aliphatic carbocycles. The minimum Gasteiger partial charge on any atom is -0.349 e. The molecule has 0 saturated carbocycles. The molecule has 0 bridgehead atoms. The van der Waals surface area contributed by atoms with Gasteiger partial charge in [0.15, 0.2) is 0 Å². The van der Waals surface area contributed by atoms with Crippen LogP contribution in [0.4, 0.5) is 0 Å². The van der Waals surface area contributed by atoms with Crippen LogP contribution in [0.5, 0.6) is 0 Å². The van der Waals surface area contributed by atoms with Crippen LogP contribution in [0.3, 0.4) is 0 Å². The Bertz CT molecular complexity index is 613. The van der Waals surface area contributed by atoms with Crippen molar-refractivity contribution in [2.24, 2.45) is 0 Å². The summed E-state index contributed by atoms with van der Waals surface area (Å²) >= 11 is 1.58. The number of nitrogens with zero attached hydrogens (tertiary/aromatic N) is 1. The van der Waals surface area contributed by atoms with Crippen molar-refractivity contribution in [2.45, 2.75) is 31.7 Å². The van der Waals surface area contributed by atoms with Gasteiger partial charge in [0.25, 0.3) is 0 Å². The largest absolute Gasteiger partial charge is 0.349 e. The number of amides is 1. The Kier molecular flexibility index (Phi) is 5.39. The van der Waals surface area contributed by atoms with Crippen LogP contribution in [0.15, 0.2) is 47.6 Å². The molecule has 110 valence electrons. The summed E-state index contributed by atoms with van der Waals surface area (Å²) in [6.07, 6.45) is 3.48. The van der Waals surface area contributed by atoms with Gasteiger partial charge >= 0.3 is 0 Å². The molecule has 0 fully saturated rings. The summed E-state index contributed by atoms with van der Waals surface area (Å²) in [5.41, 5.74) is 3.49. The zero-order valence-electron chi connectivity index (χ0n) is 12.6. The van der Waals surface area contributed by atoms with Gasteiger partial charge in [-0.1, -0.05) is 17.7 Å². The topological polar surface area (TPSA) is 42.0 Å². The first-order chi connectivity index (χ1) is 10.1. The van der Waals surface area contributed by atoms with Crippen LogP contribution in [0, 0.1) is 13.8 Å². The van der Waals surface area contributed by atoms with E-state index in [2.05, 4.69) is 42.3 Å². The summed E-state index contributed by atoms with van der Waals surface area (Å²) in [4.78, 5) is 17.2. The highest BCUT2D eigenvalue weighted by Crippen LogP contribution is 2.23. The van der Waals surface area contributed by atoms with E-state index in [-0.39, 0.29) is 11.9 Å². The van der Waals surface area contributed by atoms with E-state index in [0.717, 1.165) is 5.56 Å². The Balaban J connectivity index is 1.89. The summed E-state index contributed by atoms with van der Waals surface area (Å²) in [5, 5.41) is 3.01. The molecule has 0 aliphatic heterocycles. The van der Waals surface area contributed by atoms with Crippen LogP contribution in [-0.2, 0) is 4.79 Å². The van der Waals surface area contributed by atoms with E-state index >= 15 is 0 Å². The highest BCUT2D eigenvalue weighted by atomic mass is 32.2. The van der Waals surface area contributed by atoms with Gasteiger partial charge in [-0.25, -0.2) is 0 Å². The van der Waals surface area contributed by atoms with Gasteiger partial charge in [-0.15, -0.1) is 11.8 Å². The monoisotopic (exact) mass is 300 g/mol. The number of rotatable bonds is 5. The predicted octanol–water partition coefficient (Wildman–Crippen LogP) is 3.67. The summed E-state index contributed by atoms with van der Waals surface area (Å²) in [5.74, 6) is 0.477. The lowest BCUT2D eigenvalue weighted by Gasteiger charge is -2.14. The molecule has 2 aromatic rings. The van der Waals surface area contributed by atoms with Gasteiger partial charge in [-0.3, -0.25) is 9.78 Å². The highest BCUT2D eigenvalue weighted by Gasteiger charge is 2.10. The molecule has 1 heterocycles. The maximum Gasteiger partial charge on any atom is 0.230 e. The van der Waals surface area contributed by atoms with Crippen LogP contribution < -0.4 is 5.32 Å². The standard InChI is InChI=1S/C17H20N2OS/c1-12-4-5-13(2)16(10-12)21-11-17(20)19-14(3)15-6-8-18-9-7-15/h4-10,14H,11H2,1-3H3,(H,19,20). The molecule has 1 aromatic heterocycles. The molecule has 0 aliphatic rings. The first-order valence-corrected chi connectivity index (χ1v) is 7.94. The van der Waals surface area contributed by atoms with E-state index < -0.39 is 0 Å². The molecule has 0 saturated heterocycles. The Morgan fingerprint density at radius 3 is 2.67 bits per heavy atom. The molecule has 1 aromatic carbocycles. The fourth-order valence-corrected chi connectivity index (χ4v) is 2.96. The number of benzene rings is 1. The van der Waals surface area contributed by atoms with Crippen molar-refractivity contribution in [3.63, 3.8) is 0 Å². The smallest absolute Gasteiger partial charge is 0.230 e. The van der Waals surface area contributed by atoms with Crippen molar-refractivity contribution in [1.82, 2.24) is 10.3 Å². The van der Waals surface area contributed by atoms with Crippen molar-refractivity contribution < 1.29 is 4.79 Å². The molecule has 1 amide bonds. The molecule has 0 radical (unpaired) electrons. The first-order valence-electron chi connectivity index (χ1n) is 6.95. The van der Waals surface area contributed by atoms with Crippen molar-refractivity contribution in [3.8, 4) is 0 Å². The third kappa shape index (κ3) is 4.60. The fourth-order valence-electron chi connectivity index (χ4n) is 2.02. The Hall–Kier alpha value is -1.81. The minimum atomic E-state index is -0.000272. The number of thioether (sulfide) groups is 1. The molecule has 21 heavy (non-hydrogen) atoms. The number of hydrogen-bond donors (Lipinski definition) is 1. The van der Waals surface area contributed by atoms with Crippen LogP contribution in [-0.4, -0.2) is 16.6 Å². The number of carbonyl (C=O) groups excluding carboxylic acids is 1. The van der Waals surface area contributed by atoms with Crippen molar-refractivity contribution in [3.05, 3.63) is 59.4 Å².